The molecule has 0 aliphatic carbocycles. The van der Waals surface area contributed by atoms with E-state index in [1.54, 1.807) is 6.08 Å². The van der Waals surface area contributed by atoms with Crippen molar-refractivity contribution in [2.24, 2.45) is 0 Å². The number of aliphatic hydroxyl groups excluding tert-OH is 5. The summed E-state index contributed by atoms with van der Waals surface area (Å²) in [6, 6.07) is -1.05. The molecule has 0 saturated carbocycles. The van der Waals surface area contributed by atoms with Crippen LogP contribution in [0, 0.1) is 0 Å². The van der Waals surface area contributed by atoms with E-state index >= 15 is 0 Å². The summed E-state index contributed by atoms with van der Waals surface area (Å²) in [5, 5.41) is 57.2. The summed E-state index contributed by atoms with van der Waals surface area (Å²) in [5.41, 5.74) is 0. The molecule has 1 heterocycles. The van der Waals surface area contributed by atoms with E-state index in [4.69, 9.17) is 14.2 Å². The van der Waals surface area contributed by atoms with Crippen LogP contribution in [0.15, 0.2) is 146 Å². The first-order valence-electron chi connectivity index (χ1n) is 35.6. The molecular formula is C78H129NO10. The fraction of sp³-hybridized carbons (Fsp3) is 0.667. The lowest BCUT2D eigenvalue weighted by Crippen LogP contribution is -2.61. The van der Waals surface area contributed by atoms with E-state index in [1.165, 1.54) is 77.0 Å². The predicted octanol–water partition coefficient (Wildman–Crippen LogP) is 18.5. The number of allylic oxidation sites excluding steroid dienone is 23. The van der Waals surface area contributed by atoms with Crippen molar-refractivity contribution in [1.29, 1.82) is 0 Å². The van der Waals surface area contributed by atoms with Crippen LogP contribution in [0.25, 0.3) is 0 Å². The highest BCUT2D eigenvalue weighted by Gasteiger charge is 2.47. The van der Waals surface area contributed by atoms with Gasteiger partial charge in [-0.1, -0.05) is 289 Å². The second kappa shape index (κ2) is 63.7. The van der Waals surface area contributed by atoms with Gasteiger partial charge in [0.2, 0.25) is 5.91 Å². The van der Waals surface area contributed by atoms with Gasteiger partial charge in [-0.3, -0.25) is 9.59 Å². The molecule has 0 spiro atoms. The molecule has 0 bridgehead atoms. The van der Waals surface area contributed by atoms with Gasteiger partial charge in [0.05, 0.1) is 25.4 Å². The third kappa shape index (κ3) is 50.8. The summed E-state index contributed by atoms with van der Waals surface area (Å²) in [6.45, 7) is 5.54. The zero-order valence-electron chi connectivity index (χ0n) is 56.2. The van der Waals surface area contributed by atoms with Crippen LogP contribution in [0.1, 0.15) is 271 Å². The molecule has 8 unspecified atom stereocenters. The topological polar surface area (TPSA) is 175 Å². The molecule has 1 fully saturated rings. The summed E-state index contributed by atoms with van der Waals surface area (Å²) in [7, 11) is 0. The van der Waals surface area contributed by atoms with Crippen molar-refractivity contribution in [3.63, 3.8) is 0 Å². The van der Waals surface area contributed by atoms with Gasteiger partial charge < -0.3 is 45.1 Å². The summed E-state index contributed by atoms with van der Waals surface area (Å²) in [4.78, 5) is 26.7. The minimum absolute atomic E-state index is 0.108. The third-order valence-corrected chi connectivity index (χ3v) is 15.7. The Kier molecular flexibility index (Phi) is 59.1. The fourth-order valence-electron chi connectivity index (χ4n) is 10.2. The van der Waals surface area contributed by atoms with Gasteiger partial charge in [-0.05, 0) is 122 Å². The van der Waals surface area contributed by atoms with E-state index in [9.17, 15) is 35.1 Å². The number of esters is 1. The van der Waals surface area contributed by atoms with Crippen LogP contribution in [-0.2, 0) is 23.8 Å². The van der Waals surface area contributed by atoms with E-state index < -0.39 is 67.4 Å². The summed E-state index contributed by atoms with van der Waals surface area (Å²) < 4.78 is 17.7. The Labute approximate surface area is 543 Å². The molecule has 1 amide bonds. The van der Waals surface area contributed by atoms with Gasteiger partial charge >= 0.3 is 5.97 Å². The lowest BCUT2D eigenvalue weighted by Gasteiger charge is -2.41. The van der Waals surface area contributed by atoms with Gasteiger partial charge in [0.25, 0.3) is 0 Å². The van der Waals surface area contributed by atoms with Crippen LogP contribution in [0.5, 0.6) is 0 Å². The van der Waals surface area contributed by atoms with E-state index in [0.29, 0.717) is 12.8 Å². The second-order valence-electron chi connectivity index (χ2n) is 23.9. The van der Waals surface area contributed by atoms with Crippen LogP contribution >= 0.6 is 0 Å². The Balaban J connectivity index is 2.58. The van der Waals surface area contributed by atoms with Crippen molar-refractivity contribution >= 4 is 11.9 Å². The minimum Gasteiger partial charge on any atom is -0.454 e. The zero-order chi connectivity index (χ0) is 64.6. The molecule has 0 aromatic carbocycles. The molecule has 8 atom stereocenters. The lowest BCUT2D eigenvalue weighted by molar-refractivity contribution is -0.305. The number of unbranched alkanes of at least 4 members (excludes halogenated alkanes) is 23. The molecule has 11 nitrogen and oxygen atoms in total. The van der Waals surface area contributed by atoms with Gasteiger partial charge in [-0.25, -0.2) is 0 Å². The molecule has 11 heteroatoms. The van der Waals surface area contributed by atoms with Crippen LogP contribution in [0.4, 0.5) is 0 Å². The highest BCUT2D eigenvalue weighted by Crippen LogP contribution is 2.26. The van der Waals surface area contributed by atoms with E-state index in [1.807, 2.05) is 6.08 Å². The summed E-state index contributed by atoms with van der Waals surface area (Å²) >= 11 is 0. The molecule has 1 saturated heterocycles. The number of aliphatic hydroxyl groups is 5. The number of rotatable bonds is 59. The number of hydrogen-bond donors (Lipinski definition) is 6. The van der Waals surface area contributed by atoms with Crippen LogP contribution in [0.3, 0.4) is 0 Å². The zero-order valence-corrected chi connectivity index (χ0v) is 56.2. The second-order valence-corrected chi connectivity index (χ2v) is 23.9. The fourth-order valence-corrected chi connectivity index (χ4v) is 10.2. The van der Waals surface area contributed by atoms with E-state index in [2.05, 4.69) is 160 Å². The molecule has 0 aromatic rings. The molecule has 0 aromatic heterocycles. The Bertz CT molecular complexity index is 2010. The van der Waals surface area contributed by atoms with Gasteiger partial charge in [0.15, 0.2) is 12.4 Å². The Morgan fingerprint density at radius 3 is 1.21 bits per heavy atom. The maximum Gasteiger partial charge on any atom is 0.306 e. The molecule has 1 rings (SSSR count). The first-order valence-corrected chi connectivity index (χ1v) is 35.6. The quantitative estimate of drug-likeness (QED) is 0.0195. The Morgan fingerprint density at radius 1 is 0.449 bits per heavy atom. The average Bonchev–Trinajstić information content (AvgIpc) is 2.36. The summed E-state index contributed by atoms with van der Waals surface area (Å²) in [6.07, 6.45) is 81.7. The minimum atomic E-state index is -1.63. The highest BCUT2D eigenvalue weighted by molar-refractivity contribution is 5.80. The standard InChI is InChI=1S/C78H129NO10/c1-4-7-10-13-16-19-22-24-26-28-30-32-34-35-36-37-38-40-42-44-46-48-51-54-57-60-63-66-73(83)89-76-75(85)74(84)72(67-80)88-78(76)87-68-69(70(81)64-61-58-55-52-49-21-18-15-12-9-6-3)79-77(86)71(82)65-62-59-56-53-50-47-45-43-41-39-33-31-29-27-25-23-20-17-14-11-8-5-2/h7-8,10-11,16-17,19-20,24-27,30-33,35-36,41,43,47,50,61,64,69-72,74-76,78,80-82,84-85H,4-6,9,12-15,18,21-23,28-29,34,37-40,42,44-46,48-49,51-60,62-63,65-68H2,1-3H3,(H,79,86)/b10-7-,11-8-,19-16-,20-17-,26-24-,27-25-,32-30-,33-31-,36-35-,43-41-,50-47-,64-61+. The number of amides is 1. The van der Waals surface area contributed by atoms with Gasteiger partial charge in [-0.15, -0.1) is 0 Å². The van der Waals surface area contributed by atoms with E-state index in [-0.39, 0.29) is 19.4 Å². The number of carbonyl (C=O) groups excluding carboxylic acids is 2. The lowest BCUT2D eigenvalue weighted by atomic mass is 9.99. The van der Waals surface area contributed by atoms with Crippen LogP contribution in [-0.4, -0.2) is 99.6 Å². The van der Waals surface area contributed by atoms with Crippen molar-refractivity contribution in [3.8, 4) is 0 Å². The van der Waals surface area contributed by atoms with Crippen molar-refractivity contribution in [1.82, 2.24) is 5.32 Å². The highest BCUT2D eigenvalue weighted by atomic mass is 16.7. The maximum atomic E-state index is 13.5. The monoisotopic (exact) mass is 1240 g/mol. The Morgan fingerprint density at radius 2 is 0.809 bits per heavy atom. The van der Waals surface area contributed by atoms with E-state index in [0.717, 1.165) is 148 Å². The van der Waals surface area contributed by atoms with Crippen molar-refractivity contribution in [2.75, 3.05) is 13.2 Å². The first-order chi connectivity index (χ1) is 43.7. The molecule has 0 radical (unpaired) electrons. The number of carbonyl (C=O) groups is 2. The molecule has 6 N–H and O–H groups in total. The largest absolute Gasteiger partial charge is 0.454 e. The van der Waals surface area contributed by atoms with Crippen molar-refractivity contribution in [3.05, 3.63) is 146 Å². The maximum absolute atomic E-state index is 13.5. The predicted molar refractivity (Wildman–Crippen MR) is 374 cm³/mol. The number of nitrogens with one attached hydrogen (secondary N) is 1. The first kappa shape index (κ1) is 82.6. The smallest absolute Gasteiger partial charge is 0.306 e. The molecule has 1 aliphatic heterocycles. The molecule has 89 heavy (non-hydrogen) atoms. The summed E-state index contributed by atoms with van der Waals surface area (Å²) in [5.74, 6) is -1.23. The van der Waals surface area contributed by atoms with Gasteiger partial charge in [0.1, 0.15) is 24.4 Å². The van der Waals surface area contributed by atoms with Crippen LogP contribution < -0.4 is 5.32 Å². The SMILES string of the molecule is CC/C=C\C/C=C\C/C=C\C/C=C\C/C=C\C/C=C\CCCCCC(O)C(=O)NC(COC1OC(CO)C(O)C(O)C1OC(=O)CCCCCCCCCCCCC/C=C\C/C=C\C/C=C\C/C=C\C/C=C\CC)C(O)/C=C/CCCCCCCCCCC. The average molecular weight is 1240 g/mol. The molecular weight excluding hydrogens is 1110 g/mol. The normalized spacial score (nSPS) is 19.0. The molecule has 1 aliphatic rings. The van der Waals surface area contributed by atoms with Gasteiger partial charge in [0, 0.05) is 6.42 Å². The van der Waals surface area contributed by atoms with Gasteiger partial charge in [-0.2, -0.15) is 0 Å². The van der Waals surface area contributed by atoms with Crippen molar-refractivity contribution < 1.29 is 49.3 Å². The van der Waals surface area contributed by atoms with Crippen molar-refractivity contribution in [2.45, 2.75) is 320 Å². The van der Waals surface area contributed by atoms with Crippen LogP contribution in [0.2, 0.25) is 0 Å². The number of hydrogen-bond acceptors (Lipinski definition) is 10. The molecule has 506 valence electrons. The number of ether oxygens (including phenoxy) is 3. The Hall–Kier alpha value is -4.46. The third-order valence-electron chi connectivity index (χ3n) is 15.7.